The van der Waals surface area contributed by atoms with Gasteiger partial charge in [0, 0.05) is 12.6 Å². The average Bonchev–Trinajstić information content (AvgIpc) is 2.82. The molecule has 152 valence electrons. The Morgan fingerprint density at radius 2 is 1.47 bits per heavy atom. The lowest BCUT2D eigenvalue weighted by Crippen LogP contribution is -2.53. The summed E-state index contributed by atoms with van der Waals surface area (Å²) in [4.78, 5) is 2.51. The van der Waals surface area contributed by atoms with Crippen LogP contribution in [0.2, 0.25) is 0 Å². The number of aromatic hydroxyl groups is 1. The molecule has 0 bridgehead atoms. The first-order valence-electron chi connectivity index (χ1n) is 10.8. The Kier molecular flexibility index (Phi) is 6.16. The molecule has 4 rings (SSSR count). The first-order valence-corrected chi connectivity index (χ1v) is 10.8. The van der Waals surface area contributed by atoms with Gasteiger partial charge in [-0.15, -0.1) is 0 Å². The lowest BCUT2D eigenvalue weighted by atomic mass is 9.67. The Hall–Kier alpha value is -3.09. The largest absolute Gasteiger partial charge is 0.508 e. The van der Waals surface area contributed by atoms with E-state index in [0.717, 1.165) is 49.9 Å². The Bertz CT molecular complexity index is 937. The zero-order valence-electron chi connectivity index (χ0n) is 17.2. The molecule has 0 aromatic heterocycles. The summed E-state index contributed by atoms with van der Waals surface area (Å²) < 4.78 is 0. The normalized spacial score (nSPS) is 17.4. The van der Waals surface area contributed by atoms with E-state index in [1.165, 1.54) is 5.56 Å². The number of phenolic OH excluding ortho intramolecular Hbond substituents is 1. The third-order valence-corrected chi connectivity index (χ3v) is 6.37. The summed E-state index contributed by atoms with van der Waals surface area (Å²) in [5.41, 5.74) is 2.65. The molecule has 3 aromatic rings. The second-order valence-corrected chi connectivity index (χ2v) is 8.12. The van der Waals surface area contributed by atoms with Gasteiger partial charge < -0.3 is 5.11 Å². The lowest BCUT2D eigenvalue weighted by Gasteiger charge is -2.45. The van der Waals surface area contributed by atoms with Crippen LogP contribution in [0.5, 0.6) is 5.75 Å². The van der Waals surface area contributed by atoms with E-state index in [9.17, 15) is 10.4 Å². The molecule has 0 saturated carbocycles. The zero-order chi connectivity index (χ0) is 20.8. The van der Waals surface area contributed by atoms with E-state index in [2.05, 4.69) is 35.2 Å². The fraction of sp³-hybridized carbons (Fsp3) is 0.296. The van der Waals surface area contributed by atoms with Crippen LogP contribution in [-0.4, -0.2) is 29.1 Å². The van der Waals surface area contributed by atoms with Gasteiger partial charge in [0.25, 0.3) is 0 Å². The number of hydrogen-bond donors (Lipinski definition) is 1. The maximum absolute atomic E-state index is 10.7. The topological polar surface area (TPSA) is 47.3 Å². The van der Waals surface area contributed by atoms with Crippen LogP contribution in [0.3, 0.4) is 0 Å². The van der Waals surface area contributed by atoms with Gasteiger partial charge in [0.05, 0.1) is 6.07 Å². The van der Waals surface area contributed by atoms with Crippen molar-refractivity contribution in [2.45, 2.75) is 37.1 Å². The van der Waals surface area contributed by atoms with Crippen molar-refractivity contribution in [2.75, 3.05) is 13.1 Å². The molecule has 1 N–H and O–H groups in total. The minimum absolute atomic E-state index is 0.123. The number of rotatable bonds is 6. The molecule has 1 fully saturated rings. The summed E-state index contributed by atoms with van der Waals surface area (Å²) >= 11 is 0. The van der Waals surface area contributed by atoms with Crippen molar-refractivity contribution in [3.8, 4) is 11.8 Å². The van der Waals surface area contributed by atoms with Crippen LogP contribution in [-0.2, 0) is 11.8 Å². The van der Waals surface area contributed by atoms with Gasteiger partial charge in [0.15, 0.2) is 0 Å². The molecule has 0 spiro atoms. The van der Waals surface area contributed by atoms with Crippen LogP contribution in [0.1, 0.15) is 36.0 Å². The summed E-state index contributed by atoms with van der Waals surface area (Å²) in [7, 11) is 0. The van der Waals surface area contributed by atoms with Gasteiger partial charge in [-0.25, -0.2) is 0 Å². The maximum Gasteiger partial charge on any atom is 0.123 e. The van der Waals surface area contributed by atoms with Crippen LogP contribution in [0, 0.1) is 11.3 Å². The van der Waals surface area contributed by atoms with Gasteiger partial charge in [-0.05, 0) is 54.6 Å². The molecule has 0 aliphatic carbocycles. The number of nitrogens with zero attached hydrogens (tertiary/aromatic N) is 2. The molecule has 1 aliphatic heterocycles. The Morgan fingerprint density at radius 3 is 2.03 bits per heavy atom. The molecule has 1 saturated heterocycles. The highest BCUT2D eigenvalue weighted by molar-refractivity contribution is 5.48. The van der Waals surface area contributed by atoms with Gasteiger partial charge in [0.1, 0.15) is 11.2 Å². The van der Waals surface area contributed by atoms with E-state index in [1.807, 2.05) is 48.5 Å². The second kappa shape index (κ2) is 9.15. The third-order valence-electron chi connectivity index (χ3n) is 6.37. The van der Waals surface area contributed by atoms with Gasteiger partial charge in [-0.2, -0.15) is 5.26 Å². The van der Waals surface area contributed by atoms with Crippen molar-refractivity contribution < 1.29 is 5.11 Å². The van der Waals surface area contributed by atoms with Gasteiger partial charge in [0.2, 0.25) is 0 Å². The number of nitriles is 1. The van der Waals surface area contributed by atoms with Crippen molar-refractivity contribution in [1.29, 1.82) is 5.26 Å². The van der Waals surface area contributed by atoms with Crippen LogP contribution < -0.4 is 0 Å². The van der Waals surface area contributed by atoms with E-state index in [0.29, 0.717) is 5.75 Å². The number of likely N-dealkylation sites (tertiary alicyclic amines) is 1. The van der Waals surface area contributed by atoms with Crippen molar-refractivity contribution >= 4 is 0 Å². The Balaban J connectivity index is 1.70. The van der Waals surface area contributed by atoms with E-state index in [-0.39, 0.29) is 6.04 Å². The highest BCUT2D eigenvalue weighted by atomic mass is 16.3. The molecule has 1 unspecified atom stereocenters. The molecular formula is C27H28N2O. The van der Waals surface area contributed by atoms with Crippen molar-refractivity contribution in [2.24, 2.45) is 0 Å². The zero-order valence-corrected chi connectivity index (χ0v) is 17.2. The summed E-state index contributed by atoms with van der Waals surface area (Å²) in [5.74, 6) is 0.297. The van der Waals surface area contributed by atoms with Crippen LogP contribution in [0.25, 0.3) is 0 Å². The van der Waals surface area contributed by atoms with Crippen molar-refractivity contribution in [1.82, 2.24) is 4.90 Å². The summed E-state index contributed by atoms with van der Waals surface area (Å²) in [6.45, 7) is 1.91. The highest BCUT2D eigenvalue weighted by Crippen LogP contribution is 2.41. The molecule has 1 heterocycles. The fourth-order valence-electron chi connectivity index (χ4n) is 4.84. The average molecular weight is 397 g/mol. The van der Waals surface area contributed by atoms with Gasteiger partial charge in [-0.3, -0.25) is 4.90 Å². The summed E-state index contributed by atoms with van der Waals surface area (Å²) in [5, 5.41) is 20.2. The molecule has 3 heteroatoms. The Morgan fingerprint density at radius 1 is 0.867 bits per heavy atom. The lowest BCUT2D eigenvalue weighted by molar-refractivity contribution is 0.115. The van der Waals surface area contributed by atoms with E-state index >= 15 is 0 Å². The molecule has 0 radical (unpaired) electrons. The number of phenols is 1. The predicted molar refractivity (Wildman–Crippen MR) is 120 cm³/mol. The van der Waals surface area contributed by atoms with Gasteiger partial charge >= 0.3 is 0 Å². The first-order chi connectivity index (χ1) is 14.7. The second-order valence-electron chi connectivity index (χ2n) is 8.12. The molecular weight excluding hydrogens is 368 g/mol. The maximum atomic E-state index is 10.7. The van der Waals surface area contributed by atoms with Crippen LogP contribution >= 0.6 is 0 Å². The number of hydrogen-bond acceptors (Lipinski definition) is 3. The van der Waals surface area contributed by atoms with Crippen molar-refractivity contribution in [3.63, 3.8) is 0 Å². The minimum atomic E-state index is -0.697. The van der Waals surface area contributed by atoms with E-state index in [1.54, 1.807) is 12.1 Å². The quantitative estimate of drug-likeness (QED) is 0.615. The van der Waals surface area contributed by atoms with Crippen LogP contribution in [0.4, 0.5) is 0 Å². The van der Waals surface area contributed by atoms with E-state index in [4.69, 9.17) is 0 Å². The molecule has 30 heavy (non-hydrogen) atoms. The first kappa shape index (κ1) is 20.2. The smallest absolute Gasteiger partial charge is 0.123 e. The summed E-state index contributed by atoms with van der Waals surface area (Å²) in [6.07, 6.45) is 4.22. The van der Waals surface area contributed by atoms with Gasteiger partial charge in [-0.1, -0.05) is 79.2 Å². The standard InChI is InChI=1S/C27H28N2O/c28-21-27(23-9-3-1-4-10-23,24-11-5-2-6-12-24)26-13-7-8-19-29(26)20-18-22-14-16-25(30)17-15-22/h1-6,9-12,14-17,26,30H,7-8,13,18-20H2. The molecule has 1 atom stereocenters. The molecule has 1 aliphatic rings. The molecule has 0 amide bonds. The summed E-state index contributed by atoms with van der Waals surface area (Å²) in [6, 6.07) is 30.9. The molecule has 3 aromatic carbocycles. The predicted octanol–water partition coefficient (Wildman–Crippen LogP) is 5.30. The minimum Gasteiger partial charge on any atom is -0.508 e. The Labute approximate surface area is 179 Å². The SMILES string of the molecule is N#CC(c1ccccc1)(c1ccccc1)C1CCCCN1CCc1ccc(O)cc1. The van der Waals surface area contributed by atoms with Crippen molar-refractivity contribution in [3.05, 3.63) is 102 Å². The fourth-order valence-corrected chi connectivity index (χ4v) is 4.84. The number of benzene rings is 3. The number of piperidine rings is 1. The van der Waals surface area contributed by atoms with Crippen LogP contribution in [0.15, 0.2) is 84.9 Å². The van der Waals surface area contributed by atoms with E-state index < -0.39 is 5.41 Å². The third kappa shape index (κ3) is 3.97. The monoisotopic (exact) mass is 396 g/mol. The molecule has 3 nitrogen and oxygen atoms in total. The highest BCUT2D eigenvalue weighted by Gasteiger charge is 2.46.